The molecule has 1 aliphatic carbocycles. The van der Waals surface area contributed by atoms with Gasteiger partial charge in [0.2, 0.25) is 0 Å². The summed E-state index contributed by atoms with van der Waals surface area (Å²) in [7, 11) is 1.89. The van der Waals surface area contributed by atoms with Gasteiger partial charge in [-0.3, -0.25) is 4.68 Å². The molecule has 0 spiro atoms. The molecule has 2 aromatic rings. The van der Waals surface area contributed by atoms with Crippen LogP contribution in [0.2, 0.25) is 5.02 Å². The van der Waals surface area contributed by atoms with Gasteiger partial charge >= 0.3 is 0 Å². The zero-order valence-electron chi connectivity index (χ0n) is 11.2. The van der Waals surface area contributed by atoms with Gasteiger partial charge in [-0.05, 0) is 30.9 Å². The van der Waals surface area contributed by atoms with Gasteiger partial charge in [0.05, 0.1) is 23.4 Å². The Balaban J connectivity index is 1.84. The van der Waals surface area contributed by atoms with Gasteiger partial charge in [-0.15, -0.1) is 0 Å². The van der Waals surface area contributed by atoms with E-state index in [1.807, 2.05) is 25.5 Å². The third kappa shape index (κ3) is 2.64. The maximum Gasteiger partial charge on any atom is 0.145 e. The highest BCUT2D eigenvalue weighted by Crippen LogP contribution is 2.40. The maximum atomic E-state index is 9.55. The number of pyridine rings is 1. The van der Waals surface area contributed by atoms with Crippen LogP contribution in [0.15, 0.2) is 30.7 Å². The molecule has 2 aromatic heterocycles. The van der Waals surface area contributed by atoms with Gasteiger partial charge in [-0.25, -0.2) is 4.98 Å². The van der Waals surface area contributed by atoms with Gasteiger partial charge in [0, 0.05) is 25.0 Å². The fraction of sp³-hybridized carbons (Fsp3) is 0.429. The zero-order chi connectivity index (χ0) is 14.1. The van der Waals surface area contributed by atoms with Crippen LogP contribution < -0.4 is 5.32 Å². The molecule has 2 heterocycles. The first-order valence-electron chi connectivity index (χ1n) is 6.67. The number of rotatable bonds is 4. The monoisotopic (exact) mass is 292 g/mol. The summed E-state index contributed by atoms with van der Waals surface area (Å²) in [6, 6.07) is 3.69. The van der Waals surface area contributed by atoms with Crippen molar-refractivity contribution in [1.82, 2.24) is 14.8 Å². The van der Waals surface area contributed by atoms with Crippen LogP contribution in [-0.4, -0.2) is 26.0 Å². The van der Waals surface area contributed by atoms with E-state index < -0.39 is 0 Å². The van der Waals surface area contributed by atoms with Crippen LogP contribution in [0, 0.1) is 5.92 Å². The maximum absolute atomic E-state index is 9.55. The fourth-order valence-electron chi connectivity index (χ4n) is 2.62. The molecule has 20 heavy (non-hydrogen) atoms. The van der Waals surface area contributed by atoms with Crippen LogP contribution in [0.25, 0.3) is 0 Å². The van der Waals surface area contributed by atoms with E-state index >= 15 is 0 Å². The molecule has 5 nitrogen and oxygen atoms in total. The highest BCUT2D eigenvalue weighted by atomic mass is 35.5. The van der Waals surface area contributed by atoms with Gasteiger partial charge in [0.25, 0.3) is 0 Å². The molecular weight excluding hydrogens is 276 g/mol. The fourth-order valence-corrected chi connectivity index (χ4v) is 2.79. The number of nitrogens with zero attached hydrogens (tertiary/aromatic N) is 3. The molecule has 0 amide bonds. The Labute approximate surface area is 122 Å². The third-order valence-electron chi connectivity index (χ3n) is 3.76. The molecule has 1 atom stereocenters. The van der Waals surface area contributed by atoms with E-state index in [1.54, 1.807) is 16.9 Å². The molecule has 1 aliphatic rings. The Hall–Kier alpha value is -1.59. The average Bonchev–Trinajstić information content (AvgIpc) is 2.81. The first kappa shape index (κ1) is 13.4. The van der Waals surface area contributed by atoms with Gasteiger partial charge in [0.15, 0.2) is 0 Å². The van der Waals surface area contributed by atoms with E-state index in [-0.39, 0.29) is 12.1 Å². The van der Waals surface area contributed by atoms with Crippen molar-refractivity contribution >= 4 is 17.4 Å². The minimum Gasteiger partial charge on any atom is -0.393 e. The normalized spacial score (nSPS) is 23.1. The van der Waals surface area contributed by atoms with E-state index in [9.17, 15) is 5.11 Å². The largest absolute Gasteiger partial charge is 0.393 e. The Kier molecular flexibility index (Phi) is 3.63. The average molecular weight is 293 g/mol. The minimum absolute atomic E-state index is 0.0690. The van der Waals surface area contributed by atoms with Crippen molar-refractivity contribution in [2.45, 2.75) is 25.0 Å². The molecule has 0 aromatic carbocycles. The summed E-state index contributed by atoms with van der Waals surface area (Å²) < 4.78 is 1.78. The van der Waals surface area contributed by atoms with Crippen molar-refractivity contribution in [2.75, 3.05) is 5.32 Å². The Bertz CT molecular complexity index is 594. The van der Waals surface area contributed by atoms with Crippen molar-refractivity contribution in [3.8, 4) is 0 Å². The molecule has 0 saturated heterocycles. The number of aliphatic hydroxyl groups excluding tert-OH is 1. The van der Waals surface area contributed by atoms with Crippen LogP contribution in [0.5, 0.6) is 0 Å². The molecule has 0 radical (unpaired) electrons. The molecular formula is C14H17ClN4O. The van der Waals surface area contributed by atoms with Crippen LogP contribution in [-0.2, 0) is 7.05 Å². The zero-order valence-corrected chi connectivity index (χ0v) is 12.0. The van der Waals surface area contributed by atoms with Crippen LogP contribution in [0.3, 0.4) is 0 Å². The molecule has 0 aliphatic heterocycles. The molecule has 2 N–H and O–H groups in total. The smallest absolute Gasteiger partial charge is 0.145 e. The Morgan fingerprint density at radius 3 is 2.90 bits per heavy atom. The second kappa shape index (κ2) is 5.42. The summed E-state index contributed by atoms with van der Waals surface area (Å²) >= 11 is 6.16. The van der Waals surface area contributed by atoms with Crippen LogP contribution in [0.4, 0.5) is 5.82 Å². The minimum atomic E-state index is -0.194. The van der Waals surface area contributed by atoms with Crippen molar-refractivity contribution in [3.63, 3.8) is 0 Å². The van der Waals surface area contributed by atoms with Crippen LogP contribution in [0.1, 0.15) is 24.4 Å². The summed E-state index contributed by atoms with van der Waals surface area (Å²) in [6.07, 6.45) is 6.93. The predicted molar refractivity (Wildman–Crippen MR) is 77.5 cm³/mol. The van der Waals surface area contributed by atoms with E-state index in [1.165, 1.54) is 0 Å². The van der Waals surface area contributed by atoms with Gasteiger partial charge in [-0.2, -0.15) is 5.10 Å². The summed E-state index contributed by atoms with van der Waals surface area (Å²) in [5, 5.41) is 17.8. The van der Waals surface area contributed by atoms with E-state index in [4.69, 9.17) is 11.6 Å². The predicted octanol–water partition coefficient (Wildman–Crippen LogP) is 2.39. The van der Waals surface area contributed by atoms with E-state index in [0.29, 0.717) is 16.8 Å². The third-order valence-corrected chi connectivity index (χ3v) is 4.06. The highest BCUT2D eigenvalue weighted by molar-refractivity contribution is 6.32. The first-order valence-corrected chi connectivity index (χ1v) is 7.05. The number of aromatic nitrogens is 3. The number of aryl methyl sites for hydroxylation is 1. The number of hydrogen-bond donors (Lipinski definition) is 2. The van der Waals surface area contributed by atoms with E-state index in [0.717, 1.165) is 18.4 Å². The SMILES string of the molecule is Cn1cc(C(Nc2ncccc2Cl)C2CC(O)C2)cn1. The molecule has 106 valence electrons. The molecule has 1 unspecified atom stereocenters. The number of aliphatic hydroxyl groups is 1. The first-order chi connectivity index (χ1) is 9.63. The summed E-state index contributed by atoms with van der Waals surface area (Å²) in [5.41, 5.74) is 1.09. The van der Waals surface area contributed by atoms with Crippen molar-refractivity contribution in [2.24, 2.45) is 13.0 Å². The van der Waals surface area contributed by atoms with E-state index in [2.05, 4.69) is 15.4 Å². The van der Waals surface area contributed by atoms with Gasteiger partial charge in [0.1, 0.15) is 5.82 Å². The Morgan fingerprint density at radius 2 is 2.30 bits per heavy atom. The molecule has 0 bridgehead atoms. The Morgan fingerprint density at radius 1 is 1.50 bits per heavy atom. The molecule has 1 saturated carbocycles. The van der Waals surface area contributed by atoms with Crippen molar-refractivity contribution in [1.29, 1.82) is 0 Å². The lowest BCUT2D eigenvalue weighted by molar-refractivity contribution is 0.0339. The van der Waals surface area contributed by atoms with Gasteiger partial charge < -0.3 is 10.4 Å². The highest BCUT2D eigenvalue weighted by Gasteiger charge is 2.35. The lowest BCUT2D eigenvalue weighted by atomic mass is 9.75. The summed E-state index contributed by atoms with van der Waals surface area (Å²) in [6.45, 7) is 0. The second-order valence-corrected chi connectivity index (χ2v) is 5.70. The second-order valence-electron chi connectivity index (χ2n) is 5.29. The number of nitrogens with one attached hydrogen (secondary N) is 1. The molecule has 1 fully saturated rings. The molecule has 6 heteroatoms. The number of hydrogen-bond acceptors (Lipinski definition) is 4. The summed E-state index contributed by atoms with van der Waals surface area (Å²) in [5.74, 6) is 1.04. The van der Waals surface area contributed by atoms with Crippen LogP contribution >= 0.6 is 11.6 Å². The van der Waals surface area contributed by atoms with Crippen molar-refractivity contribution < 1.29 is 5.11 Å². The van der Waals surface area contributed by atoms with Crippen molar-refractivity contribution in [3.05, 3.63) is 41.3 Å². The topological polar surface area (TPSA) is 63.0 Å². The lowest BCUT2D eigenvalue weighted by Crippen LogP contribution is -2.36. The number of halogens is 1. The quantitative estimate of drug-likeness (QED) is 0.908. The standard InChI is InChI=1S/C14H17ClN4O/c1-19-8-10(7-17-19)13(9-5-11(20)6-9)18-14-12(15)3-2-4-16-14/h2-4,7-9,11,13,20H,5-6H2,1H3,(H,16,18). The molecule has 3 rings (SSSR count). The summed E-state index contributed by atoms with van der Waals surface area (Å²) in [4.78, 5) is 4.28. The lowest BCUT2D eigenvalue weighted by Gasteiger charge is -2.38. The van der Waals surface area contributed by atoms with Gasteiger partial charge in [-0.1, -0.05) is 11.6 Å². The number of anilines is 1.